The van der Waals surface area contributed by atoms with Gasteiger partial charge in [-0.3, -0.25) is 15.0 Å². The third kappa shape index (κ3) is 5.84. The number of aryl methyl sites for hydroxylation is 2. The van der Waals surface area contributed by atoms with E-state index in [9.17, 15) is 9.59 Å². The Morgan fingerprint density at radius 1 is 1.00 bits per heavy atom. The van der Waals surface area contributed by atoms with Crippen molar-refractivity contribution in [2.45, 2.75) is 45.7 Å². The van der Waals surface area contributed by atoms with Crippen LogP contribution >= 0.6 is 0 Å². The number of fused-ring (bicyclic) bond motifs is 1. The van der Waals surface area contributed by atoms with Crippen molar-refractivity contribution in [3.05, 3.63) is 82.3 Å². The molecule has 3 heterocycles. The van der Waals surface area contributed by atoms with Crippen LogP contribution in [0.2, 0.25) is 0 Å². The van der Waals surface area contributed by atoms with Gasteiger partial charge in [0.15, 0.2) is 0 Å². The zero-order chi connectivity index (χ0) is 28.2. The van der Waals surface area contributed by atoms with E-state index in [1.54, 1.807) is 19.2 Å². The van der Waals surface area contributed by atoms with Crippen LogP contribution in [0.5, 0.6) is 11.5 Å². The van der Waals surface area contributed by atoms with Gasteiger partial charge in [0.2, 0.25) is 5.91 Å². The maximum Gasteiger partial charge on any atom is 0.266 e. The highest BCUT2D eigenvalue weighted by Gasteiger charge is 2.31. The molecule has 1 aliphatic rings. The number of carbonyl (C=O) groups is 1. The molecule has 0 spiro atoms. The Kier molecular flexibility index (Phi) is 8.11. The molecule has 1 aliphatic heterocycles. The Labute approximate surface area is 233 Å². The van der Waals surface area contributed by atoms with E-state index < -0.39 is 0 Å². The van der Waals surface area contributed by atoms with E-state index in [-0.39, 0.29) is 23.4 Å². The van der Waals surface area contributed by atoms with Crippen LogP contribution in [0.3, 0.4) is 0 Å². The maximum absolute atomic E-state index is 12.5. The standard InChI is InChI=1S/C31H35N5O4/c1-20-19-28(37)34-35(3)31(20)22-8-10-23(11-9-22)40-18-6-5-17-36-29(38)16-14-26(33-36)24-13-15-27(39-4)30-25(24)12-7-21(2)32-30/h7-16,20,31H,5-6,17-19H2,1-4H3,(H,34,37). The molecule has 0 radical (unpaired) electrons. The van der Waals surface area contributed by atoms with E-state index in [2.05, 4.69) is 34.6 Å². The van der Waals surface area contributed by atoms with Gasteiger partial charge < -0.3 is 9.47 Å². The summed E-state index contributed by atoms with van der Waals surface area (Å²) < 4.78 is 13.0. The number of unbranched alkanes of at least 4 members (excludes halogenated alkanes) is 1. The smallest absolute Gasteiger partial charge is 0.266 e. The number of nitrogens with one attached hydrogen (secondary N) is 1. The van der Waals surface area contributed by atoms with E-state index in [0.29, 0.717) is 31.0 Å². The lowest BCUT2D eigenvalue weighted by atomic mass is 9.90. The Morgan fingerprint density at radius 3 is 2.55 bits per heavy atom. The number of ether oxygens (including phenoxy) is 2. The molecule has 0 saturated carbocycles. The van der Waals surface area contributed by atoms with E-state index >= 15 is 0 Å². The second kappa shape index (κ2) is 11.9. The average Bonchev–Trinajstić information content (AvgIpc) is 2.93. The monoisotopic (exact) mass is 541 g/mol. The lowest BCUT2D eigenvalue weighted by Crippen LogP contribution is -2.49. The van der Waals surface area contributed by atoms with Crippen molar-refractivity contribution in [1.82, 2.24) is 25.2 Å². The van der Waals surface area contributed by atoms with Gasteiger partial charge in [-0.2, -0.15) is 5.10 Å². The van der Waals surface area contributed by atoms with Crippen molar-refractivity contribution in [2.24, 2.45) is 5.92 Å². The predicted octanol–water partition coefficient (Wildman–Crippen LogP) is 4.68. The van der Waals surface area contributed by atoms with Gasteiger partial charge in [-0.1, -0.05) is 25.1 Å². The molecule has 1 N–H and O–H groups in total. The van der Waals surface area contributed by atoms with Crippen molar-refractivity contribution in [3.8, 4) is 22.8 Å². The van der Waals surface area contributed by atoms with Gasteiger partial charge in [0.05, 0.1) is 25.5 Å². The minimum Gasteiger partial charge on any atom is -0.494 e. The highest BCUT2D eigenvalue weighted by Crippen LogP contribution is 2.33. The van der Waals surface area contributed by atoms with Crippen LogP contribution in [0.25, 0.3) is 22.2 Å². The van der Waals surface area contributed by atoms with Crippen molar-refractivity contribution in [2.75, 3.05) is 20.8 Å². The van der Waals surface area contributed by atoms with Crippen molar-refractivity contribution in [1.29, 1.82) is 0 Å². The fourth-order valence-electron chi connectivity index (χ4n) is 5.40. The number of pyridine rings is 1. The normalized spacial score (nSPS) is 17.6. The number of nitrogens with zero attached hydrogens (tertiary/aromatic N) is 4. The summed E-state index contributed by atoms with van der Waals surface area (Å²) >= 11 is 0. The number of hydrazine groups is 1. The largest absolute Gasteiger partial charge is 0.494 e. The summed E-state index contributed by atoms with van der Waals surface area (Å²) in [6.45, 7) is 5.08. The van der Waals surface area contributed by atoms with Gasteiger partial charge in [-0.05, 0) is 67.6 Å². The van der Waals surface area contributed by atoms with E-state index in [4.69, 9.17) is 9.47 Å². The molecule has 2 unspecified atom stereocenters. The SMILES string of the molecule is COc1ccc(-c2ccc(=O)n(CCCCOc3ccc(C4C(C)CC(=O)NN4C)cc3)n2)c2ccc(C)nc12. The van der Waals surface area contributed by atoms with Crippen LogP contribution in [-0.2, 0) is 11.3 Å². The van der Waals surface area contributed by atoms with Gasteiger partial charge in [0.1, 0.15) is 17.0 Å². The number of benzene rings is 2. The quantitative estimate of drug-likeness (QED) is 0.307. The Morgan fingerprint density at radius 2 is 1.80 bits per heavy atom. The lowest BCUT2D eigenvalue weighted by molar-refractivity contribution is -0.132. The summed E-state index contributed by atoms with van der Waals surface area (Å²) in [7, 11) is 3.53. The second-order valence-electron chi connectivity index (χ2n) is 10.3. The van der Waals surface area contributed by atoms with Crippen molar-refractivity contribution >= 4 is 16.8 Å². The number of hydrogen-bond donors (Lipinski definition) is 1. The van der Waals surface area contributed by atoms with Crippen LogP contribution in [0.4, 0.5) is 0 Å². The highest BCUT2D eigenvalue weighted by atomic mass is 16.5. The zero-order valence-electron chi connectivity index (χ0n) is 23.4. The average molecular weight is 542 g/mol. The summed E-state index contributed by atoms with van der Waals surface area (Å²) in [5, 5.41) is 7.47. The van der Waals surface area contributed by atoms with E-state index in [1.807, 2.05) is 55.4 Å². The van der Waals surface area contributed by atoms with Crippen molar-refractivity contribution < 1.29 is 14.3 Å². The first-order valence-corrected chi connectivity index (χ1v) is 13.6. The van der Waals surface area contributed by atoms with Crippen LogP contribution in [0.1, 0.15) is 43.5 Å². The number of amides is 1. The maximum atomic E-state index is 12.5. The van der Waals surface area contributed by atoms with Gasteiger partial charge >= 0.3 is 0 Å². The lowest BCUT2D eigenvalue weighted by Gasteiger charge is -2.37. The molecule has 1 amide bonds. The summed E-state index contributed by atoms with van der Waals surface area (Å²) in [6.07, 6.45) is 2.05. The predicted molar refractivity (Wildman–Crippen MR) is 154 cm³/mol. The van der Waals surface area contributed by atoms with Crippen LogP contribution in [-0.4, -0.2) is 46.4 Å². The first-order chi connectivity index (χ1) is 19.3. The second-order valence-corrected chi connectivity index (χ2v) is 10.3. The van der Waals surface area contributed by atoms with Crippen LogP contribution in [0.15, 0.2) is 65.5 Å². The fourth-order valence-corrected chi connectivity index (χ4v) is 5.40. The van der Waals surface area contributed by atoms with Gasteiger partial charge in [0, 0.05) is 42.7 Å². The fraction of sp³-hybridized carbons (Fsp3) is 0.355. The topological polar surface area (TPSA) is 98.6 Å². The number of carbonyl (C=O) groups excluding carboxylic acids is 1. The van der Waals surface area contributed by atoms with Gasteiger partial charge in [-0.15, -0.1) is 0 Å². The van der Waals surface area contributed by atoms with Gasteiger partial charge in [-0.25, -0.2) is 14.7 Å². The molecule has 2 aromatic carbocycles. The third-order valence-corrected chi connectivity index (χ3v) is 7.34. The summed E-state index contributed by atoms with van der Waals surface area (Å²) in [6, 6.07) is 19.3. The molecule has 9 nitrogen and oxygen atoms in total. The Bertz CT molecular complexity index is 1550. The molecule has 1 fully saturated rings. The molecule has 5 rings (SSSR count). The third-order valence-electron chi connectivity index (χ3n) is 7.34. The molecular weight excluding hydrogens is 506 g/mol. The number of rotatable bonds is 9. The molecule has 0 bridgehead atoms. The minimum absolute atomic E-state index is 0.0528. The van der Waals surface area contributed by atoms with E-state index in [1.165, 1.54) is 4.68 Å². The molecule has 0 aliphatic carbocycles. The van der Waals surface area contributed by atoms with Crippen LogP contribution < -0.4 is 20.5 Å². The van der Waals surface area contributed by atoms with Crippen LogP contribution in [0, 0.1) is 12.8 Å². The Hall–Kier alpha value is -4.24. The molecule has 208 valence electrons. The summed E-state index contributed by atoms with van der Waals surface area (Å²) in [4.78, 5) is 28.9. The molecule has 2 aromatic heterocycles. The number of hydrogen-bond acceptors (Lipinski definition) is 7. The first-order valence-electron chi connectivity index (χ1n) is 13.6. The van der Waals surface area contributed by atoms with Gasteiger partial charge in [0.25, 0.3) is 5.56 Å². The minimum atomic E-state index is -0.134. The molecular formula is C31H35N5O4. The zero-order valence-corrected chi connectivity index (χ0v) is 23.4. The highest BCUT2D eigenvalue weighted by molar-refractivity contribution is 5.97. The molecule has 40 heavy (non-hydrogen) atoms. The summed E-state index contributed by atoms with van der Waals surface area (Å²) in [5.41, 5.74) is 7.19. The molecule has 9 heteroatoms. The molecule has 1 saturated heterocycles. The number of aromatic nitrogens is 3. The van der Waals surface area contributed by atoms with E-state index in [0.717, 1.165) is 46.3 Å². The molecule has 2 atom stereocenters. The summed E-state index contributed by atoms with van der Waals surface area (Å²) in [5.74, 6) is 1.78. The van der Waals surface area contributed by atoms with Crippen molar-refractivity contribution in [3.63, 3.8) is 0 Å². The Balaban J connectivity index is 1.19. The number of methoxy groups -OCH3 is 1. The first kappa shape index (κ1) is 27.3. The molecule has 4 aromatic rings.